The molecule has 6 nitrogen and oxygen atoms in total. The molecule has 0 aliphatic carbocycles. The summed E-state index contributed by atoms with van der Waals surface area (Å²) in [7, 11) is 1.11. The highest BCUT2D eigenvalue weighted by molar-refractivity contribution is 6.31. The Hall–Kier alpha value is -2.71. The topological polar surface area (TPSA) is 87.2 Å². The van der Waals surface area contributed by atoms with Crippen molar-refractivity contribution >= 4 is 34.4 Å². The number of nitrogens with one attached hydrogen (secondary N) is 2. The van der Waals surface area contributed by atoms with Crippen molar-refractivity contribution in [3.63, 3.8) is 0 Å². The minimum atomic E-state index is -1.64. The van der Waals surface area contributed by atoms with E-state index in [1.165, 1.54) is 18.5 Å². The number of aromatic amines is 1. The summed E-state index contributed by atoms with van der Waals surface area (Å²) in [5.74, 6) is -2.08. The van der Waals surface area contributed by atoms with E-state index in [0.29, 0.717) is 16.1 Å². The number of nitrogens with zero attached hydrogens (tertiary/aromatic N) is 1. The van der Waals surface area contributed by atoms with E-state index in [0.717, 1.165) is 19.2 Å². The SMILES string of the molecule is COC(=O)Nc1ccc(F)c(C(O)c2c[nH]c3ncc(Cl)cc23)c1F. The minimum Gasteiger partial charge on any atom is -0.453 e. The molecule has 0 aliphatic heterocycles. The molecule has 0 bridgehead atoms. The van der Waals surface area contributed by atoms with Crippen LogP contribution in [0.3, 0.4) is 0 Å². The molecule has 1 atom stereocenters. The lowest BCUT2D eigenvalue weighted by Gasteiger charge is -2.15. The number of carbonyl (C=O) groups excluding carboxylic acids is 1. The van der Waals surface area contributed by atoms with E-state index in [1.54, 1.807) is 0 Å². The third-order valence-electron chi connectivity index (χ3n) is 3.65. The molecule has 0 spiro atoms. The zero-order valence-electron chi connectivity index (χ0n) is 12.8. The number of H-pyrrole nitrogens is 1. The van der Waals surface area contributed by atoms with Crippen LogP contribution >= 0.6 is 11.6 Å². The first-order valence-electron chi connectivity index (χ1n) is 7.05. The van der Waals surface area contributed by atoms with Gasteiger partial charge >= 0.3 is 6.09 Å². The number of anilines is 1. The molecule has 1 unspecified atom stereocenters. The number of rotatable bonds is 3. The Labute approximate surface area is 145 Å². The summed E-state index contributed by atoms with van der Waals surface area (Å²) in [6.45, 7) is 0. The maximum absolute atomic E-state index is 14.6. The van der Waals surface area contributed by atoms with Gasteiger partial charge in [-0.1, -0.05) is 11.6 Å². The highest BCUT2D eigenvalue weighted by atomic mass is 35.5. The molecule has 0 fully saturated rings. The highest BCUT2D eigenvalue weighted by Gasteiger charge is 2.25. The van der Waals surface area contributed by atoms with Gasteiger partial charge in [-0.3, -0.25) is 5.32 Å². The normalized spacial score (nSPS) is 12.2. The van der Waals surface area contributed by atoms with Crippen molar-refractivity contribution in [3.05, 3.63) is 58.4 Å². The molecular formula is C16H12ClF2N3O3. The van der Waals surface area contributed by atoms with Gasteiger partial charge in [0.25, 0.3) is 0 Å². The van der Waals surface area contributed by atoms with Crippen LogP contribution in [0.2, 0.25) is 5.02 Å². The van der Waals surface area contributed by atoms with Crippen LogP contribution in [0.1, 0.15) is 17.2 Å². The number of methoxy groups -OCH3 is 1. The maximum Gasteiger partial charge on any atom is 0.411 e. The number of fused-ring (bicyclic) bond motifs is 1. The van der Waals surface area contributed by atoms with Gasteiger partial charge in [0.2, 0.25) is 0 Å². The maximum atomic E-state index is 14.6. The van der Waals surface area contributed by atoms with Gasteiger partial charge in [0, 0.05) is 23.3 Å². The molecule has 3 aromatic rings. The first kappa shape index (κ1) is 17.1. The molecule has 0 saturated carbocycles. The number of amides is 1. The van der Waals surface area contributed by atoms with Crippen molar-refractivity contribution in [1.29, 1.82) is 0 Å². The Morgan fingerprint density at radius 2 is 2.20 bits per heavy atom. The fraction of sp³-hybridized carbons (Fsp3) is 0.125. The minimum absolute atomic E-state index is 0.193. The van der Waals surface area contributed by atoms with E-state index in [-0.39, 0.29) is 11.3 Å². The number of carbonyl (C=O) groups is 1. The molecule has 25 heavy (non-hydrogen) atoms. The summed E-state index contributed by atoms with van der Waals surface area (Å²) in [6, 6.07) is 3.49. The van der Waals surface area contributed by atoms with Gasteiger partial charge in [0.15, 0.2) is 5.82 Å². The predicted molar refractivity (Wildman–Crippen MR) is 87.6 cm³/mol. The summed E-state index contributed by atoms with van der Waals surface area (Å²) in [5, 5.41) is 13.4. The summed E-state index contributed by atoms with van der Waals surface area (Å²) >= 11 is 5.89. The number of hydrogen-bond donors (Lipinski definition) is 3. The van der Waals surface area contributed by atoms with E-state index in [4.69, 9.17) is 11.6 Å². The number of pyridine rings is 1. The first-order chi connectivity index (χ1) is 11.9. The molecule has 1 aromatic carbocycles. The van der Waals surface area contributed by atoms with Gasteiger partial charge < -0.3 is 14.8 Å². The lowest BCUT2D eigenvalue weighted by atomic mass is 10.00. The van der Waals surface area contributed by atoms with Gasteiger partial charge in [-0.05, 0) is 18.2 Å². The van der Waals surface area contributed by atoms with Crippen LogP contribution in [0.25, 0.3) is 11.0 Å². The van der Waals surface area contributed by atoms with Gasteiger partial charge in [0.1, 0.15) is 17.6 Å². The second-order valence-electron chi connectivity index (χ2n) is 5.14. The van der Waals surface area contributed by atoms with Crippen LogP contribution in [-0.4, -0.2) is 28.3 Å². The number of halogens is 3. The number of aromatic nitrogens is 2. The molecule has 3 N–H and O–H groups in total. The molecule has 0 radical (unpaired) electrons. The van der Waals surface area contributed by atoms with Gasteiger partial charge in [-0.15, -0.1) is 0 Å². The van der Waals surface area contributed by atoms with E-state index >= 15 is 0 Å². The van der Waals surface area contributed by atoms with Crippen molar-refractivity contribution in [3.8, 4) is 0 Å². The number of aliphatic hydroxyl groups excluding tert-OH is 1. The van der Waals surface area contributed by atoms with Crippen molar-refractivity contribution in [2.24, 2.45) is 0 Å². The van der Waals surface area contributed by atoms with Crippen molar-refractivity contribution in [1.82, 2.24) is 9.97 Å². The molecule has 0 saturated heterocycles. The summed E-state index contributed by atoms with van der Waals surface area (Å²) < 4.78 is 33.2. The molecule has 130 valence electrons. The van der Waals surface area contributed by atoms with Gasteiger partial charge in [-0.2, -0.15) is 0 Å². The van der Waals surface area contributed by atoms with E-state index in [9.17, 15) is 18.7 Å². The van der Waals surface area contributed by atoms with Crippen LogP contribution in [-0.2, 0) is 4.74 Å². The number of benzene rings is 1. The number of aliphatic hydroxyl groups is 1. The standard InChI is InChI=1S/C16H12ClF2N3O3/c1-25-16(24)22-11-3-2-10(18)12(13(11)19)14(23)9-6-21-15-8(9)4-7(17)5-20-15/h2-6,14,23H,1H3,(H,20,21)(H,22,24). The lowest BCUT2D eigenvalue weighted by molar-refractivity contribution is 0.186. The van der Waals surface area contributed by atoms with Crippen LogP contribution in [0.4, 0.5) is 19.3 Å². The Kier molecular flexibility index (Phi) is 4.56. The Balaban J connectivity index is 2.09. The fourth-order valence-electron chi connectivity index (χ4n) is 2.46. The molecule has 9 heteroatoms. The molecule has 2 heterocycles. The summed E-state index contributed by atoms with van der Waals surface area (Å²) in [4.78, 5) is 18.1. The fourth-order valence-corrected chi connectivity index (χ4v) is 2.62. The Morgan fingerprint density at radius 3 is 2.92 bits per heavy atom. The zero-order valence-corrected chi connectivity index (χ0v) is 13.6. The third kappa shape index (κ3) is 3.13. The van der Waals surface area contributed by atoms with Gasteiger partial charge in [-0.25, -0.2) is 18.6 Å². The Bertz CT molecular complexity index is 961. The van der Waals surface area contributed by atoms with E-state index in [1.807, 2.05) is 0 Å². The summed E-state index contributed by atoms with van der Waals surface area (Å²) in [5.41, 5.74) is -0.339. The molecule has 2 aromatic heterocycles. The predicted octanol–water partition coefficient (Wildman–Crippen LogP) is 3.75. The molecule has 1 amide bonds. The van der Waals surface area contributed by atoms with Crippen molar-refractivity contribution < 1.29 is 23.4 Å². The average molecular weight is 368 g/mol. The van der Waals surface area contributed by atoms with Crippen LogP contribution in [0.15, 0.2) is 30.6 Å². The van der Waals surface area contributed by atoms with Gasteiger partial charge in [0.05, 0.1) is 23.4 Å². The average Bonchev–Trinajstić information content (AvgIpc) is 3.00. The molecule has 0 aliphatic rings. The van der Waals surface area contributed by atoms with E-state index in [2.05, 4.69) is 20.0 Å². The van der Waals surface area contributed by atoms with Crippen molar-refractivity contribution in [2.75, 3.05) is 12.4 Å². The first-order valence-corrected chi connectivity index (χ1v) is 7.43. The smallest absolute Gasteiger partial charge is 0.411 e. The van der Waals surface area contributed by atoms with E-state index < -0.39 is 29.4 Å². The second kappa shape index (κ2) is 6.66. The van der Waals surface area contributed by atoms with Crippen LogP contribution < -0.4 is 5.32 Å². The third-order valence-corrected chi connectivity index (χ3v) is 3.85. The lowest BCUT2D eigenvalue weighted by Crippen LogP contribution is -2.14. The molecule has 3 rings (SSSR count). The quantitative estimate of drug-likeness (QED) is 0.658. The summed E-state index contributed by atoms with van der Waals surface area (Å²) in [6.07, 6.45) is 0.221. The zero-order chi connectivity index (χ0) is 18.1. The molecular weight excluding hydrogens is 356 g/mol. The largest absolute Gasteiger partial charge is 0.453 e. The number of hydrogen-bond acceptors (Lipinski definition) is 4. The van der Waals surface area contributed by atoms with Crippen LogP contribution in [0.5, 0.6) is 0 Å². The highest BCUT2D eigenvalue weighted by Crippen LogP contribution is 2.34. The second-order valence-corrected chi connectivity index (χ2v) is 5.57. The Morgan fingerprint density at radius 1 is 1.44 bits per heavy atom. The number of ether oxygens (including phenoxy) is 1. The van der Waals surface area contributed by atoms with Crippen LogP contribution in [0, 0.1) is 11.6 Å². The monoisotopic (exact) mass is 367 g/mol. The van der Waals surface area contributed by atoms with Crippen molar-refractivity contribution in [2.45, 2.75) is 6.10 Å².